The van der Waals surface area contributed by atoms with Crippen molar-refractivity contribution in [1.29, 1.82) is 0 Å². The van der Waals surface area contributed by atoms with Gasteiger partial charge in [0.2, 0.25) is 11.8 Å². The predicted octanol–water partition coefficient (Wildman–Crippen LogP) is 3.12. The number of carbonyl (C=O) groups excluding carboxylic acids is 3. The first-order valence-electron chi connectivity index (χ1n) is 11.7. The van der Waals surface area contributed by atoms with E-state index in [1.807, 2.05) is 46.8 Å². The maximum absolute atomic E-state index is 12.8. The molecule has 0 fully saturated rings. The van der Waals surface area contributed by atoms with Crippen LogP contribution >= 0.6 is 0 Å². The Hall–Kier alpha value is -3.60. The van der Waals surface area contributed by atoms with Crippen molar-refractivity contribution in [2.24, 2.45) is 0 Å². The van der Waals surface area contributed by atoms with Crippen LogP contribution in [0.4, 0.5) is 13.2 Å². The van der Waals surface area contributed by atoms with Crippen molar-refractivity contribution in [3.63, 3.8) is 0 Å². The normalized spacial score (nSPS) is 12.4. The minimum atomic E-state index is -4.90. The molecular weight excluding hydrogens is 489 g/mol. The molecule has 11 heteroatoms. The molecule has 2 aromatic rings. The fourth-order valence-electron chi connectivity index (χ4n) is 3.40. The first-order valence-corrected chi connectivity index (χ1v) is 11.7. The molecule has 2 aromatic carbocycles. The topological polar surface area (TPSA) is 109 Å². The summed E-state index contributed by atoms with van der Waals surface area (Å²) in [7, 11) is 0. The number of ether oxygens (including phenoxy) is 1. The van der Waals surface area contributed by atoms with Crippen molar-refractivity contribution < 1.29 is 32.3 Å². The molecule has 2 rings (SSSR count). The molecule has 37 heavy (non-hydrogen) atoms. The first-order chi connectivity index (χ1) is 17.1. The van der Waals surface area contributed by atoms with Crippen LogP contribution in [0.2, 0.25) is 0 Å². The monoisotopic (exact) mass is 522 g/mol. The average Bonchev–Trinajstić information content (AvgIpc) is 2.76. The summed E-state index contributed by atoms with van der Waals surface area (Å²) in [4.78, 5) is 37.7. The van der Waals surface area contributed by atoms with E-state index in [4.69, 9.17) is 0 Å². The van der Waals surface area contributed by atoms with E-state index in [2.05, 4.69) is 32.1 Å². The van der Waals surface area contributed by atoms with Crippen LogP contribution in [0.15, 0.2) is 42.5 Å². The largest absolute Gasteiger partial charge is 0.573 e. The van der Waals surface area contributed by atoms with E-state index >= 15 is 0 Å². The summed E-state index contributed by atoms with van der Waals surface area (Å²) >= 11 is 0. The predicted molar refractivity (Wildman–Crippen MR) is 133 cm³/mol. The van der Waals surface area contributed by atoms with Crippen LogP contribution in [0.1, 0.15) is 47.8 Å². The highest BCUT2D eigenvalue weighted by atomic mass is 19.4. The van der Waals surface area contributed by atoms with E-state index in [1.54, 1.807) is 0 Å². The van der Waals surface area contributed by atoms with Crippen LogP contribution in [0.3, 0.4) is 0 Å². The SMILES string of the molecule is Cc1ccc(CNCC(NC(=O)CNC(=O)c2cccc(OC(F)(F)F)c2)C(=O)NC(C)(C)C)c(C)c1. The fraction of sp³-hybridized carbons (Fsp3) is 0.423. The Morgan fingerprint density at radius 1 is 1.00 bits per heavy atom. The van der Waals surface area contributed by atoms with Crippen molar-refractivity contribution in [2.45, 2.75) is 59.1 Å². The van der Waals surface area contributed by atoms with Crippen molar-refractivity contribution in [3.8, 4) is 5.75 Å². The fourth-order valence-corrected chi connectivity index (χ4v) is 3.40. The molecule has 0 aliphatic carbocycles. The van der Waals surface area contributed by atoms with Gasteiger partial charge in [-0.25, -0.2) is 0 Å². The lowest BCUT2D eigenvalue weighted by Gasteiger charge is -2.26. The lowest BCUT2D eigenvalue weighted by molar-refractivity contribution is -0.274. The molecule has 1 unspecified atom stereocenters. The van der Waals surface area contributed by atoms with Crippen LogP contribution in [-0.2, 0) is 16.1 Å². The molecule has 202 valence electrons. The van der Waals surface area contributed by atoms with Crippen LogP contribution < -0.4 is 26.0 Å². The van der Waals surface area contributed by atoms with Gasteiger partial charge in [0.15, 0.2) is 0 Å². The number of halogens is 3. The third-order valence-electron chi connectivity index (χ3n) is 5.05. The number of nitrogens with one attached hydrogen (secondary N) is 4. The minimum Gasteiger partial charge on any atom is -0.406 e. The molecule has 4 N–H and O–H groups in total. The number of hydrogen-bond donors (Lipinski definition) is 4. The van der Waals surface area contributed by atoms with Gasteiger partial charge in [-0.05, 0) is 63.9 Å². The number of alkyl halides is 3. The molecule has 0 saturated heterocycles. The Morgan fingerprint density at radius 2 is 1.70 bits per heavy atom. The first kappa shape index (κ1) is 29.6. The standard InChI is InChI=1S/C26H33F3N4O4/c1-16-9-10-19(17(2)11-16)13-30-14-21(24(36)33-25(3,4)5)32-22(34)15-31-23(35)18-7-6-8-20(12-18)37-26(27,28)29/h6-12,21,30H,13-15H2,1-5H3,(H,31,35)(H,32,34)(H,33,36). The van der Waals surface area contributed by atoms with Crippen LogP contribution in [0, 0.1) is 13.8 Å². The lowest BCUT2D eigenvalue weighted by Crippen LogP contribution is -2.56. The minimum absolute atomic E-state index is 0.119. The zero-order valence-corrected chi connectivity index (χ0v) is 21.5. The number of carbonyl (C=O) groups is 3. The quantitative estimate of drug-likeness (QED) is 0.384. The summed E-state index contributed by atoms with van der Waals surface area (Å²) in [5.74, 6) is -2.37. The average molecular weight is 523 g/mol. The summed E-state index contributed by atoms with van der Waals surface area (Å²) in [5.41, 5.74) is 2.63. The molecule has 0 aliphatic rings. The molecule has 8 nitrogen and oxygen atoms in total. The van der Waals surface area contributed by atoms with E-state index in [1.165, 1.54) is 12.1 Å². The highest BCUT2D eigenvalue weighted by Gasteiger charge is 2.31. The van der Waals surface area contributed by atoms with Crippen molar-refractivity contribution in [1.82, 2.24) is 21.3 Å². The number of hydrogen-bond acceptors (Lipinski definition) is 5. The van der Waals surface area contributed by atoms with E-state index in [9.17, 15) is 27.6 Å². The van der Waals surface area contributed by atoms with E-state index in [0.717, 1.165) is 28.8 Å². The number of amides is 3. The van der Waals surface area contributed by atoms with Gasteiger partial charge in [0.05, 0.1) is 6.54 Å². The molecular formula is C26H33F3N4O4. The Kier molecular flexibility index (Phi) is 10.1. The smallest absolute Gasteiger partial charge is 0.406 e. The highest BCUT2D eigenvalue weighted by molar-refractivity contribution is 5.97. The molecule has 0 heterocycles. The summed E-state index contributed by atoms with van der Waals surface area (Å²) in [6.45, 7) is 9.54. The van der Waals surface area contributed by atoms with E-state index < -0.39 is 48.0 Å². The van der Waals surface area contributed by atoms with Gasteiger partial charge in [-0.1, -0.05) is 29.8 Å². The van der Waals surface area contributed by atoms with Gasteiger partial charge in [-0.2, -0.15) is 0 Å². The number of rotatable bonds is 10. The van der Waals surface area contributed by atoms with Crippen molar-refractivity contribution >= 4 is 17.7 Å². The Morgan fingerprint density at radius 3 is 2.32 bits per heavy atom. The Labute approximate surface area is 214 Å². The Balaban J connectivity index is 1.98. The molecule has 3 amide bonds. The van der Waals surface area contributed by atoms with Crippen molar-refractivity contribution in [3.05, 3.63) is 64.7 Å². The molecule has 0 aliphatic heterocycles. The second kappa shape index (κ2) is 12.6. The van der Waals surface area contributed by atoms with Crippen molar-refractivity contribution in [2.75, 3.05) is 13.1 Å². The maximum atomic E-state index is 12.8. The van der Waals surface area contributed by atoms with E-state index in [-0.39, 0.29) is 12.1 Å². The second-order valence-corrected chi connectivity index (χ2v) is 9.68. The summed E-state index contributed by atoms with van der Waals surface area (Å²) in [6.07, 6.45) is -4.90. The maximum Gasteiger partial charge on any atom is 0.573 e. The van der Waals surface area contributed by atoms with Crippen LogP contribution in [-0.4, -0.2) is 48.8 Å². The molecule has 0 aromatic heterocycles. The summed E-state index contributed by atoms with van der Waals surface area (Å²) in [6, 6.07) is 9.58. The third kappa shape index (κ3) is 10.9. The molecule has 0 bridgehead atoms. The van der Waals surface area contributed by atoms with Gasteiger partial charge in [0.25, 0.3) is 5.91 Å². The van der Waals surface area contributed by atoms with Crippen LogP contribution in [0.5, 0.6) is 5.75 Å². The van der Waals surface area contributed by atoms with Gasteiger partial charge in [0, 0.05) is 24.2 Å². The number of benzene rings is 2. The Bertz CT molecular complexity index is 1110. The molecule has 0 spiro atoms. The van der Waals surface area contributed by atoms with Gasteiger partial charge in [0.1, 0.15) is 11.8 Å². The van der Waals surface area contributed by atoms with Gasteiger partial charge < -0.3 is 26.0 Å². The lowest BCUT2D eigenvalue weighted by atomic mass is 10.1. The number of aryl methyl sites for hydroxylation is 2. The molecule has 1 atom stereocenters. The second-order valence-electron chi connectivity index (χ2n) is 9.68. The third-order valence-corrected chi connectivity index (χ3v) is 5.05. The molecule has 0 saturated carbocycles. The van der Waals surface area contributed by atoms with E-state index in [0.29, 0.717) is 6.54 Å². The molecule has 0 radical (unpaired) electrons. The van der Waals surface area contributed by atoms with Gasteiger partial charge in [-0.3, -0.25) is 14.4 Å². The van der Waals surface area contributed by atoms with Gasteiger partial charge >= 0.3 is 6.36 Å². The highest BCUT2D eigenvalue weighted by Crippen LogP contribution is 2.23. The summed E-state index contributed by atoms with van der Waals surface area (Å²) in [5, 5.41) is 10.9. The zero-order valence-electron chi connectivity index (χ0n) is 21.5. The van der Waals surface area contributed by atoms with Crippen LogP contribution in [0.25, 0.3) is 0 Å². The summed E-state index contributed by atoms with van der Waals surface area (Å²) < 4.78 is 41.1. The van der Waals surface area contributed by atoms with Gasteiger partial charge in [-0.15, -0.1) is 13.2 Å². The zero-order chi connectivity index (χ0) is 27.8.